The molecule has 30 heavy (non-hydrogen) atoms. The molecule has 156 valence electrons. The van der Waals surface area contributed by atoms with Crippen LogP contribution in [0.5, 0.6) is 0 Å². The van der Waals surface area contributed by atoms with Crippen molar-refractivity contribution in [3.05, 3.63) is 98.2 Å². The van der Waals surface area contributed by atoms with Crippen LogP contribution in [0.15, 0.2) is 59.7 Å². The zero-order valence-corrected chi connectivity index (χ0v) is 17.7. The van der Waals surface area contributed by atoms with Gasteiger partial charge in [0.1, 0.15) is 0 Å². The normalized spacial score (nSPS) is 10.8. The number of halogens is 1. The molecule has 7 heteroatoms. The highest BCUT2D eigenvalue weighted by molar-refractivity contribution is 6.30. The average Bonchev–Trinajstić information content (AvgIpc) is 2.75. The molecule has 0 saturated carbocycles. The van der Waals surface area contributed by atoms with Crippen LogP contribution in [0.3, 0.4) is 0 Å². The van der Waals surface area contributed by atoms with Crippen molar-refractivity contribution < 1.29 is 4.79 Å². The summed E-state index contributed by atoms with van der Waals surface area (Å²) < 4.78 is 1.63. The van der Waals surface area contributed by atoms with Crippen LogP contribution in [-0.4, -0.2) is 15.5 Å². The summed E-state index contributed by atoms with van der Waals surface area (Å²) in [6, 6.07) is 13.0. The highest BCUT2D eigenvalue weighted by Crippen LogP contribution is 2.16. The second kappa shape index (κ2) is 10.2. The van der Waals surface area contributed by atoms with Gasteiger partial charge in [-0.25, -0.2) is 0 Å². The number of nitrogens with two attached hydrogens (primary N) is 1. The number of rotatable bonds is 8. The van der Waals surface area contributed by atoms with Gasteiger partial charge in [0.15, 0.2) is 0 Å². The van der Waals surface area contributed by atoms with Crippen LogP contribution in [0.4, 0.5) is 0 Å². The van der Waals surface area contributed by atoms with E-state index in [4.69, 9.17) is 17.3 Å². The van der Waals surface area contributed by atoms with E-state index in [1.54, 1.807) is 29.1 Å². The standard InChI is InChI=1S/C23H25ClN4O2/c1-16-7-10-28(11-8-20-4-2-3-9-26-20)23(30)21(16)13-22(29)27-15-18-12-19(24)6-5-17(18)14-25/h2-7,9-10,12H,8,11,13-15,25H2,1H3,(H,27,29). The van der Waals surface area contributed by atoms with E-state index in [9.17, 15) is 9.59 Å². The molecule has 2 heterocycles. The third-order valence-electron chi connectivity index (χ3n) is 5.04. The molecule has 6 nitrogen and oxygen atoms in total. The number of hydrogen-bond donors (Lipinski definition) is 2. The first-order valence-corrected chi connectivity index (χ1v) is 10.2. The second-order valence-electron chi connectivity index (χ2n) is 7.12. The lowest BCUT2D eigenvalue weighted by atomic mass is 10.1. The number of aromatic nitrogens is 2. The molecule has 2 aromatic heterocycles. The Kier molecular flexibility index (Phi) is 7.38. The van der Waals surface area contributed by atoms with Gasteiger partial charge in [-0.15, -0.1) is 0 Å². The third kappa shape index (κ3) is 5.55. The van der Waals surface area contributed by atoms with Gasteiger partial charge in [-0.2, -0.15) is 0 Å². The number of nitrogens with one attached hydrogen (secondary N) is 1. The van der Waals surface area contributed by atoms with Crippen LogP contribution in [0, 0.1) is 6.92 Å². The Morgan fingerprint density at radius 1 is 1.20 bits per heavy atom. The Labute approximate surface area is 180 Å². The Morgan fingerprint density at radius 3 is 2.77 bits per heavy atom. The molecule has 0 unspecified atom stereocenters. The maximum absolute atomic E-state index is 12.9. The van der Waals surface area contributed by atoms with Crippen LogP contribution >= 0.6 is 11.6 Å². The second-order valence-corrected chi connectivity index (χ2v) is 7.55. The van der Waals surface area contributed by atoms with E-state index in [0.717, 1.165) is 22.4 Å². The van der Waals surface area contributed by atoms with Crippen LogP contribution in [0.1, 0.15) is 27.9 Å². The maximum atomic E-state index is 12.9. The van der Waals surface area contributed by atoms with Crippen molar-refractivity contribution in [2.75, 3.05) is 0 Å². The number of hydrogen-bond acceptors (Lipinski definition) is 4. The van der Waals surface area contributed by atoms with Gasteiger partial charge in [-0.05, 0) is 53.9 Å². The Morgan fingerprint density at radius 2 is 2.03 bits per heavy atom. The molecular formula is C23H25ClN4O2. The number of benzene rings is 1. The fourth-order valence-electron chi connectivity index (χ4n) is 3.26. The summed E-state index contributed by atoms with van der Waals surface area (Å²) in [6.45, 7) is 3.02. The minimum absolute atomic E-state index is 0.0214. The molecule has 0 fully saturated rings. The minimum atomic E-state index is -0.222. The smallest absolute Gasteiger partial charge is 0.254 e. The molecule has 0 aliphatic heterocycles. The molecule has 0 aliphatic carbocycles. The minimum Gasteiger partial charge on any atom is -0.352 e. The number of carbonyl (C=O) groups excluding carboxylic acids is 1. The quantitative estimate of drug-likeness (QED) is 0.581. The van der Waals surface area contributed by atoms with Gasteiger partial charge in [-0.3, -0.25) is 14.6 Å². The molecule has 0 bridgehead atoms. The fraction of sp³-hybridized carbons (Fsp3) is 0.261. The van der Waals surface area contributed by atoms with Crippen LogP contribution in [0.2, 0.25) is 5.02 Å². The third-order valence-corrected chi connectivity index (χ3v) is 5.27. The first-order chi connectivity index (χ1) is 14.5. The highest BCUT2D eigenvalue weighted by atomic mass is 35.5. The first kappa shape index (κ1) is 21.7. The molecule has 3 N–H and O–H groups in total. The first-order valence-electron chi connectivity index (χ1n) is 9.81. The van der Waals surface area contributed by atoms with E-state index in [2.05, 4.69) is 10.3 Å². The summed E-state index contributed by atoms with van der Waals surface area (Å²) >= 11 is 6.05. The SMILES string of the molecule is Cc1ccn(CCc2ccccn2)c(=O)c1CC(=O)NCc1cc(Cl)ccc1CN. The Balaban J connectivity index is 1.67. The van der Waals surface area contributed by atoms with Crippen LogP contribution in [0.25, 0.3) is 0 Å². The van der Waals surface area contributed by atoms with Gasteiger partial charge >= 0.3 is 0 Å². The lowest BCUT2D eigenvalue weighted by Crippen LogP contribution is -2.31. The van der Waals surface area contributed by atoms with Crippen molar-refractivity contribution in [3.63, 3.8) is 0 Å². The maximum Gasteiger partial charge on any atom is 0.254 e. The Hall–Kier alpha value is -2.96. The number of amides is 1. The summed E-state index contributed by atoms with van der Waals surface area (Å²) in [7, 11) is 0. The zero-order chi connectivity index (χ0) is 21.5. The molecule has 1 amide bonds. The van der Waals surface area contributed by atoms with Gasteiger partial charge in [0, 0.05) is 54.7 Å². The van der Waals surface area contributed by atoms with Gasteiger partial charge in [0.25, 0.3) is 5.56 Å². The summed E-state index contributed by atoms with van der Waals surface area (Å²) in [4.78, 5) is 29.7. The van der Waals surface area contributed by atoms with E-state index in [-0.39, 0.29) is 17.9 Å². The number of nitrogens with zero attached hydrogens (tertiary/aromatic N) is 2. The number of pyridine rings is 2. The summed E-state index contributed by atoms with van der Waals surface area (Å²) in [6.07, 6.45) is 4.17. The van der Waals surface area contributed by atoms with Crippen molar-refractivity contribution in [1.82, 2.24) is 14.9 Å². The molecule has 0 saturated heterocycles. The number of aryl methyl sites for hydroxylation is 3. The van der Waals surface area contributed by atoms with Gasteiger partial charge in [-0.1, -0.05) is 23.7 Å². The molecular weight excluding hydrogens is 400 g/mol. The fourth-order valence-corrected chi connectivity index (χ4v) is 3.45. The molecule has 0 aliphatic rings. The van der Waals surface area contributed by atoms with Crippen molar-refractivity contribution in [2.24, 2.45) is 5.73 Å². The summed E-state index contributed by atoms with van der Waals surface area (Å²) in [5.41, 5.74) is 9.62. The molecule has 0 radical (unpaired) electrons. The van der Waals surface area contributed by atoms with Gasteiger partial charge in [0.05, 0.1) is 6.42 Å². The van der Waals surface area contributed by atoms with E-state index >= 15 is 0 Å². The van der Waals surface area contributed by atoms with E-state index in [1.165, 1.54) is 0 Å². The molecule has 0 spiro atoms. The van der Waals surface area contributed by atoms with Gasteiger partial charge < -0.3 is 15.6 Å². The molecule has 1 aromatic carbocycles. The highest BCUT2D eigenvalue weighted by Gasteiger charge is 2.13. The monoisotopic (exact) mass is 424 g/mol. The van der Waals surface area contributed by atoms with E-state index in [1.807, 2.05) is 37.3 Å². The molecule has 0 atom stereocenters. The predicted molar refractivity (Wildman–Crippen MR) is 118 cm³/mol. The van der Waals surface area contributed by atoms with Gasteiger partial charge in [0.2, 0.25) is 5.91 Å². The summed E-state index contributed by atoms with van der Waals surface area (Å²) in [5.74, 6) is -0.222. The van der Waals surface area contributed by atoms with Crippen LogP contribution < -0.4 is 16.6 Å². The predicted octanol–water partition coefficient (Wildman–Crippen LogP) is 2.77. The topological polar surface area (TPSA) is 90.0 Å². The van der Waals surface area contributed by atoms with Crippen LogP contribution in [-0.2, 0) is 37.3 Å². The van der Waals surface area contributed by atoms with E-state index < -0.39 is 0 Å². The Bertz CT molecular complexity index is 1080. The average molecular weight is 425 g/mol. The largest absolute Gasteiger partial charge is 0.352 e. The van der Waals surface area contributed by atoms with E-state index in [0.29, 0.717) is 36.6 Å². The van der Waals surface area contributed by atoms with Crippen molar-refractivity contribution in [1.29, 1.82) is 0 Å². The van der Waals surface area contributed by atoms with Crippen molar-refractivity contribution >= 4 is 17.5 Å². The zero-order valence-electron chi connectivity index (χ0n) is 16.9. The van der Waals surface area contributed by atoms with Crippen molar-refractivity contribution in [2.45, 2.75) is 39.4 Å². The molecule has 3 aromatic rings. The lowest BCUT2D eigenvalue weighted by Gasteiger charge is -2.12. The lowest BCUT2D eigenvalue weighted by molar-refractivity contribution is -0.120. The summed E-state index contributed by atoms with van der Waals surface area (Å²) in [5, 5.41) is 3.46. The van der Waals surface area contributed by atoms with Crippen molar-refractivity contribution in [3.8, 4) is 0 Å². The molecule has 3 rings (SSSR count). The number of carbonyl (C=O) groups is 1.